The van der Waals surface area contributed by atoms with Crippen LogP contribution in [-0.4, -0.2) is 44.0 Å². The number of nitrogens with one attached hydrogen (secondary N) is 1. The molecule has 2 N–H and O–H groups in total. The van der Waals surface area contributed by atoms with Gasteiger partial charge in [0.25, 0.3) is 11.5 Å². The number of carbonyl (C=O) groups excluding carboxylic acids is 1. The van der Waals surface area contributed by atoms with Gasteiger partial charge in [0.1, 0.15) is 34.6 Å². The summed E-state index contributed by atoms with van der Waals surface area (Å²) < 4.78 is 81.4. The number of ether oxygens (including phenoxy) is 4. The molecular formula is C43H32F4N2O9. The number of phenolic OH excluding ortho intramolecular Hbond substituents is 1. The van der Waals surface area contributed by atoms with Crippen LogP contribution in [0.25, 0.3) is 38.9 Å². The van der Waals surface area contributed by atoms with Gasteiger partial charge in [-0.1, -0.05) is 12.1 Å². The third-order valence-electron chi connectivity index (χ3n) is 8.79. The maximum absolute atomic E-state index is 14.2. The number of rotatable bonds is 9. The number of nitrogens with zero attached hydrogens (tertiary/aromatic N) is 1. The molecule has 0 fully saturated rings. The van der Waals surface area contributed by atoms with Crippen LogP contribution < -0.4 is 35.6 Å². The summed E-state index contributed by atoms with van der Waals surface area (Å²) in [6.07, 6.45) is 0. The Balaban J connectivity index is 0.000000196. The van der Waals surface area contributed by atoms with E-state index >= 15 is 0 Å². The van der Waals surface area contributed by atoms with Gasteiger partial charge >= 0.3 is 5.76 Å². The number of anilines is 1. The summed E-state index contributed by atoms with van der Waals surface area (Å²) in [4.78, 5) is 38.2. The summed E-state index contributed by atoms with van der Waals surface area (Å²) in [5.74, 6) is -3.05. The molecule has 1 amide bonds. The van der Waals surface area contributed by atoms with Crippen LogP contribution in [0.1, 0.15) is 10.4 Å². The van der Waals surface area contributed by atoms with Crippen molar-refractivity contribution in [3.63, 3.8) is 0 Å². The van der Waals surface area contributed by atoms with Gasteiger partial charge in [-0.2, -0.15) is 0 Å². The lowest BCUT2D eigenvalue weighted by molar-refractivity contribution is 0.102. The van der Waals surface area contributed by atoms with Gasteiger partial charge in [0.05, 0.1) is 45.1 Å². The lowest BCUT2D eigenvalue weighted by Crippen LogP contribution is -2.31. The number of benzene rings is 6. The Kier molecular flexibility index (Phi) is 11.8. The highest BCUT2D eigenvalue weighted by Gasteiger charge is 2.18. The van der Waals surface area contributed by atoms with E-state index in [2.05, 4.69) is 5.32 Å². The van der Waals surface area contributed by atoms with Gasteiger partial charge in [-0.3, -0.25) is 9.59 Å². The lowest BCUT2D eigenvalue weighted by atomic mass is 10.0. The first-order chi connectivity index (χ1) is 27.8. The SMILES string of the molecule is COc1ccc(-n2c(=O)oc3ccc(-c4ccc(F)cc4F)cc3c2=O)cc1OC.COc1ccc(NC(=O)c2cc(-c3ccc(F)cc3F)ccc2O)cc1OC. The van der Waals surface area contributed by atoms with Crippen molar-refractivity contribution in [2.75, 3.05) is 33.8 Å². The summed E-state index contributed by atoms with van der Waals surface area (Å²) in [6, 6.07) is 24.0. The molecule has 0 unspecified atom stereocenters. The summed E-state index contributed by atoms with van der Waals surface area (Å²) in [5, 5.41) is 12.8. The molecule has 11 nitrogen and oxygen atoms in total. The average Bonchev–Trinajstić information content (AvgIpc) is 3.21. The first-order valence-corrected chi connectivity index (χ1v) is 17.0. The Bertz CT molecular complexity index is 2800. The van der Waals surface area contributed by atoms with Crippen molar-refractivity contribution in [2.45, 2.75) is 0 Å². The third kappa shape index (κ3) is 8.33. The van der Waals surface area contributed by atoms with E-state index in [4.69, 9.17) is 23.4 Å². The van der Waals surface area contributed by atoms with Crippen molar-refractivity contribution in [1.82, 2.24) is 4.57 Å². The number of hydrogen-bond donors (Lipinski definition) is 2. The molecule has 0 saturated heterocycles. The molecule has 0 aliphatic rings. The molecule has 1 heterocycles. The maximum atomic E-state index is 14.2. The van der Waals surface area contributed by atoms with Crippen LogP contribution >= 0.6 is 0 Å². The van der Waals surface area contributed by atoms with Crippen LogP contribution in [0.4, 0.5) is 23.2 Å². The summed E-state index contributed by atoms with van der Waals surface area (Å²) >= 11 is 0. The van der Waals surface area contributed by atoms with E-state index in [0.717, 1.165) is 28.8 Å². The van der Waals surface area contributed by atoms with Crippen LogP contribution in [0.5, 0.6) is 28.7 Å². The fourth-order valence-electron chi connectivity index (χ4n) is 5.93. The van der Waals surface area contributed by atoms with Crippen LogP contribution in [0.15, 0.2) is 123 Å². The van der Waals surface area contributed by atoms with E-state index < -0.39 is 40.5 Å². The van der Waals surface area contributed by atoms with Crippen molar-refractivity contribution >= 4 is 22.6 Å². The zero-order valence-corrected chi connectivity index (χ0v) is 31.1. The quantitative estimate of drug-likeness (QED) is 0.138. The molecule has 0 aliphatic carbocycles. The minimum Gasteiger partial charge on any atom is -0.507 e. The molecule has 0 saturated carbocycles. The molecule has 58 heavy (non-hydrogen) atoms. The zero-order chi connectivity index (χ0) is 41.7. The van der Waals surface area contributed by atoms with Crippen molar-refractivity contribution in [1.29, 1.82) is 0 Å². The molecular weight excluding hydrogens is 764 g/mol. The van der Waals surface area contributed by atoms with Gasteiger partial charge in [0.15, 0.2) is 23.0 Å². The molecule has 1 aromatic heterocycles. The van der Waals surface area contributed by atoms with E-state index in [1.807, 2.05) is 0 Å². The summed E-state index contributed by atoms with van der Waals surface area (Å²) in [6.45, 7) is 0. The molecule has 0 spiro atoms. The van der Waals surface area contributed by atoms with E-state index in [9.17, 15) is 37.1 Å². The van der Waals surface area contributed by atoms with E-state index in [0.29, 0.717) is 39.8 Å². The second kappa shape index (κ2) is 17.1. The highest BCUT2D eigenvalue weighted by Crippen LogP contribution is 2.33. The van der Waals surface area contributed by atoms with Crippen LogP contribution in [0.3, 0.4) is 0 Å². The Morgan fingerprint density at radius 3 is 1.76 bits per heavy atom. The molecule has 6 aromatic carbocycles. The van der Waals surface area contributed by atoms with Crippen molar-refractivity contribution in [2.24, 2.45) is 0 Å². The number of aromatic hydroxyl groups is 1. The molecule has 0 radical (unpaired) electrons. The Morgan fingerprint density at radius 2 is 1.17 bits per heavy atom. The fourth-order valence-corrected chi connectivity index (χ4v) is 5.93. The monoisotopic (exact) mass is 796 g/mol. The molecule has 7 rings (SSSR count). The predicted octanol–water partition coefficient (Wildman–Crippen LogP) is 8.51. The average molecular weight is 797 g/mol. The van der Waals surface area contributed by atoms with Gasteiger partial charge in [-0.15, -0.1) is 0 Å². The highest BCUT2D eigenvalue weighted by atomic mass is 19.1. The van der Waals surface area contributed by atoms with E-state index in [1.54, 1.807) is 24.3 Å². The van der Waals surface area contributed by atoms with Gasteiger partial charge < -0.3 is 33.8 Å². The number of methoxy groups -OCH3 is 4. The van der Waals surface area contributed by atoms with Gasteiger partial charge in [-0.25, -0.2) is 26.9 Å². The number of phenols is 1. The Morgan fingerprint density at radius 1 is 0.621 bits per heavy atom. The minimum atomic E-state index is -0.888. The lowest BCUT2D eigenvalue weighted by Gasteiger charge is -2.12. The van der Waals surface area contributed by atoms with Crippen molar-refractivity contribution in [3.8, 4) is 56.7 Å². The van der Waals surface area contributed by atoms with E-state index in [-0.39, 0.29) is 39.1 Å². The summed E-state index contributed by atoms with van der Waals surface area (Å²) in [5.41, 5.74) is 0.856. The largest absolute Gasteiger partial charge is 0.507 e. The minimum absolute atomic E-state index is 0.0491. The zero-order valence-electron chi connectivity index (χ0n) is 31.1. The number of hydrogen-bond acceptors (Lipinski definition) is 9. The smallest absolute Gasteiger partial charge is 0.426 e. The standard InChI is InChI=1S/C22H15F2NO5.C21H17F2NO4/c1-28-19-8-5-14(11-20(19)29-2)25-21(26)16-9-12(3-7-18(16)30-22(25)27)15-6-4-13(23)10-17(15)24;1-27-19-8-5-14(11-20(19)28-2)24-21(26)16-9-12(3-7-18(16)25)15-6-4-13(22)10-17(15)23/h3-11H,1-2H3;3-11,25H,1-2H3,(H,24,26). The molecule has 15 heteroatoms. The van der Waals surface area contributed by atoms with Crippen LogP contribution in [-0.2, 0) is 0 Å². The second-order valence-corrected chi connectivity index (χ2v) is 12.3. The number of carbonyl (C=O) groups is 1. The Labute approximate surface area is 326 Å². The first-order valence-electron chi connectivity index (χ1n) is 17.0. The van der Waals surface area contributed by atoms with E-state index in [1.165, 1.54) is 89.1 Å². The van der Waals surface area contributed by atoms with Crippen molar-refractivity contribution in [3.05, 3.63) is 159 Å². The normalized spacial score (nSPS) is 10.7. The molecule has 0 bridgehead atoms. The molecule has 296 valence electrons. The van der Waals surface area contributed by atoms with Crippen LogP contribution in [0, 0.1) is 23.3 Å². The second-order valence-electron chi connectivity index (χ2n) is 12.3. The number of amides is 1. The molecule has 0 atom stereocenters. The third-order valence-corrected chi connectivity index (χ3v) is 8.79. The maximum Gasteiger partial charge on any atom is 0.426 e. The highest BCUT2D eigenvalue weighted by molar-refractivity contribution is 6.07. The van der Waals surface area contributed by atoms with Gasteiger partial charge in [-0.05, 0) is 83.9 Å². The van der Waals surface area contributed by atoms with Gasteiger partial charge in [0.2, 0.25) is 0 Å². The fraction of sp³-hybridized carbons (Fsp3) is 0.0930. The molecule has 0 aliphatic heterocycles. The van der Waals surface area contributed by atoms with Crippen molar-refractivity contribution < 1.29 is 50.8 Å². The predicted molar refractivity (Wildman–Crippen MR) is 207 cm³/mol. The summed E-state index contributed by atoms with van der Waals surface area (Å²) in [7, 11) is 5.85. The topological polar surface area (TPSA) is 138 Å². The molecule has 7 aromatic rings. The number of fused-ring (bicyclic) bond motifs is 1. The Hall–Kier alpha value is -7.55. The number of aromatic nitrogens is 1. The first kappa shape index (κ1) is 40.1. The van der Waals surface area contributed by atoms with Crippen LogP contribution in [0.2, 0.25) is 0 Å². The number of halogens is 4. The van der Waals surface area contributed by atoms with Gasteiger partial charge in [0, 0.05) is 41.1 Å².